The van der Waals surface area contributed by atoms with Crippen molar-refractivity contribution in [3.8, 4) is 0 Å². The van der Waals surface area contributed by atoms with Crippen molar-refractivity contribution >= 4 is 11.9 Å². The molecular weight excluding hydrogens is 300 g/mol. The minimum absolute atomic E-state index is 0.0351. The lowest BCUT2D eigenvalue weighted by atomic mass is 9.84. The van der Waals surface area contributed by atoms with E-state index in [-0.39, 0.29) is 17.9 Å². The zero-order valence-corrected chi connectivity index (χ0v) is 15.2. The van der Waals surface area contributed by atoms with E-state index in [0.717, 1.165) is 30.0 Å². The molecule has 3 rings (SSSR count). The molecule has 2 fully saturated rings. The van der Waals surface area contributed by atoms with Gasteiger partial charge in [0, 0.05) is 36.5 Å². The summed E-state index contributed by atoms with van der Waals surface area (Å²) in [5.41, 5.74) is 1.98. The number of rotatable bonds is 5. The molecule has 24 heavy (non-hydrogen) atoms. The molecular formula is C19H30N4O. The Kier molecular flexibility index (Phi) is 5.36. The Hall–Kier alpha value is -1.65. The van der Waals surface area contributed by atoms with Crippen LogP contribution in [0.2, 0.25) is 0 Å². The molecule has 5 heteroatoms. The van der Waals surface area contributed by atoms with E-state index in [0.29, 0.717) is 6.04 Å². The van der Waals surface area contributed by atoms with Crippen molar-refractivity contribution in [1.82, 2.24) is 15.3 Å². The molecule has 1 amide bonds. The van der Waals surface area contributed by atoms with Gasteiger partial charge in [-0.05, 0) is 39.5 Å². The number of carbonyl (C=O) groups excluding carboxylic acids is 1. The Bertz CT molecular complexity index is 579. The number of aromatic nitrogens is 2. The summed E-state index contributed by atoms with van der Waals surface area (Å²) in [5.74, 6) is 1.20. The Morgan fingerprint density at radius 2 is 1.92 bits per heavy atom. The molecule has 1 heterocycles. The van der Waals surface area contributed by atoms with Crippen LogP contribution in [-0.4, -0.2) is 29.0 Å². The van der Waals surface area contributed by atoms with Crippen molar-refractivity contribution < 1.29 is 4.79 Å². The first kappa shape index (κ1) is 17.2. The summed E-state index contributed by atoms with van der Waals surface area (Å²) < 4.78 is 0. The van der Waals surface area contributed by atoms with Crippen LogP contribution in [0.25, 0.3) is 0 Å². The minimum Gasteiger partial charge on any atom is -0.349 e. The first-order chi connectivity index (χ1) is 11.6. The van der Waals surface area contributed by atoms with Crippen LogP contribution in [0.1, 0.15) is 75.6 Å². The van der Waals surface area contributed by atoms with E-state index >= 15 is 0 Å². The van der Waals surface area contributed by atoms with Gasteiger partial charge in [0.05, 0.1) is 6.04 Å². The predicted octanol–water partition coefficient (Wildman–Crippen LogP) is 3.53. The summed E-state index contributed by atoms with van der Waals surface area (Å²) in [6.07, 6.45) is 11.5. The summed E-state index contributed by atoms with van der Waals surface area (Å²) in [6, 6.07) is 0.520. The van der Waals surface area contributed by atoms with Crippen molar-refractivity contribution in [2.45, 2.75) is 77.3 Å². The zero-order valence-electron chi connectivity index (χ0n) is 15.2. The number of hydrogen-bond donors (Lipinski definition) is 1. The molecule has 1 atom stereocenters. The zero-order chi connectivity index (χ0) is 17.1. The van der Waals surface area contributed by atoms with Crippen molar-refractivity contribution in [1.29, 1.82) is 0 Å². The fourth-order valence-electron chi connectivity index (χ4n) is 3.77. The largest absolute Gasteiger partial charge is 0.349 e. The molecule has 1 aromatic heterocycles. The monoisotopic (exact) mass is 330 g/mol. The molecule has 0 spiro atoms. The summed E-state index contributed by atoms with van der Waals surface area (Å²) in [4.78, 5) is 23.7. The first-order valence-electron chi connectivity index (χ1n) is 9.43. The number of nitrogens with zero attached hydrogens (tertiary/aromatic N) is 3. The van der Waals surface area contributed by atoms with E-state index in [1.807, 2.05) is 20.0 Å². The van der Waals surface area contributed by atoms with Crippen LogP contribution in [0.15, 0.2) is 6.20 Å². The number of nitrogens with one attached hydrogen (secondary N) is 1. The number of anilines is 1. The Morgan fingerprint density at radius 3 is 2.50 bits per heavy atom. The third kappa shape index (κ3) is 3.70. The van der Waals surface area contributed by atoms with Crippen LogP contribution in [0.5, 0.6) is 0 Å². The Balaban J connectivity index is 1.65. The van der Waals surface area contributed by atoms with Crippen LogP contribution in [0.3, 0.4) is 0 Å². The SMILES string of the molecule is Cc1nc(N(C)C2CCCCC2)ncc1C(C)NC(=O)C1CCC1. The first-order valence-corrected chi connectivity index (χ1v) is 9.43. The van der Waals surface area contributed by atoms with Gasteiger partial charge in [0.25, 0.3) is 0 Å². The maximum Gasteiger partial charge on any atom is 0.225 e. The molecule has 2 saturated carbocycles. The van der Waals surface area contributed by atoms with Gasteiger partial charge in [-0.2, -0.15) is 0 Å². The predicted molar refractivity (Wildman–Crippen MR) is 95.9 cm³/mol. The third-order valence-electron chi connectivity index (χ3n) is 5.74. The van der Waals surface area contributed by atoms with Crippen LogP contribution in [-0.2, 0) is 4.79 Å². The van der Waals surface area contributed by atoms with E-state index in [9.17, 15) is 4.79 Å². The molecule has 0 bridgehead atoms. The molecule has 1 aromatic rings. The average Bonchev–Trinajstić information content (AvgIpc) is 2.53. The number of aryl methyl sites for hydroxylation is 1. The lowest BCUT2D eigenvalue weighted by molar-refractivity contribution is -0.128. The van der Waals surface area contributed by atoms with Gasteiger partial charge in [-0.1, -0.05) is 25.7 Å². The summed E-state index contributed by atoms with van der Waals surface area (Å²) in [5, 5.41) is 3.12. The molecule has 2 aliphatic carbocycles. The highest BCUT2D eigenvalue weighted by atomic mass is 16.2. The van der Waals surface area contributed by atoms with Gasteiger partial charge in [0.15, 0.2) is 0 Å². The molecule has 0 aromatic carbocycles. The van der Waals surface area contributed by atoms with Gasteiger partial charge in [-0.25, -0.2) is 9.97 Å². The highest BCUT2D eigenvalue weighted by Gasteiger charge is 2.27. The minimum atomic E-state index is -0.0351. The van der Waals surface area contributed by atoms with Crippen LogP contribution in [0, 0.1) is 12.8 Å². The normalized spacial score (nSPS) is 20.3. The standard InChI is InChI=1S/C19H30N4O/c1-13(21-18(24)15-8-7-9-15)17-12-20-19(22-14(17)2)23(3)16-10-5-4-6-11-16/h12-13,15-16H,4-11H2,1-3H3,(H,21,24). The summed E-state index contributed by atoms with van der Waals surface area (Å²) >= 11 is 0. The number of carbonyl (C=O) groups is 1. The van der Waals surface area contributed by atoms with Gasteiger partial charge in [0.1, 0.15) is 0 Å². The third-order valence-corrected chi connectivity index (χ3v) is 5.74. The molecule has 5 nitrogen and oxygen atoms in total. The van der Waals surface area contributed by atoms with Gasteiger partial charge < -0.3 is 10.2 Å². The molecule has 1 N–H and O–H groups in total. The van der Waals surface area contributed by atoms with E-state index in [1.54, 1.807) is 0 Å². The van der Waals surface area contributed by atoms with Gasteiger partial charge in [-0.15, -0.1) is 0 Å². The van der Waals surface area contributed by atoms with E-state index in [1.165, 1.54) is 38.5 Å². The van der Waals surface area contributed by atoms with Crippen molar-refractivity contribution in [2.24, 2.45) is 5.92 Å². The number of amides is 1. The topological polar surface area (TPSA) is 58.1 Å². The van der Waals surface area contributed by atoms with Gasteiger partial charge in [0.2, 0.25) is 11.9 Å². The second-order valence-corrected chi connectivity index (χ2v) is 7.47. The highest BCUT2D eigenvalue weighted by Crippen LogP contribution is 2.28. The van der Waals surface area contributed by atoms with E-state index < -0.39 is 0 Å². The molecule has 132 valence electrons. The Morgan fingerprint density at radius 1 is 1.21 bits per heavy atom. The molecule has 0 saturated heterocycles. The van der Waals surface area contributed by atoms with Crippen LogP contribution < -0.4 is 10.2 Å². The fraction of sp³-hybridized carbons (Fsp3) is 0.737. The lowest BCUT2D eigenvalue weighted by Crippen LogP contribution is -2.37. The lowest BCUT2D eigenvalue weighted by Gasteiger charge is -2.31. The Labute approximate surface area is 145 Å². The summed E-state index contributed by atoms with van der Waals surface area (Å²) in [7, 11) is 2.10. The van der Waals surface area contributed by atoms with E-state index in [2.05, 4.69) is 22.2 Å². The van der Waals surface area contributed by atoms with Crippen LogP contribution in [0.4, 0.5) is 5.95 Å². The molecule has 0 aliphatic heterocycles. The molecule has 0 radical (unpaired) electrons. The smallest absolute Gasteiger partial charge is 0.225 e. The average molecular weight is 330 g/mol. The second-order valence-electron chi connectivity index (χ2n) is 7.47. The maximum absolute atomic E-state index is 12.1. The fourth-order valence-corrected chi connectivity index (χ4v) is 3.77. The quantitative estimate of drug-likeness (QED) is 0.897. The van der Waals surface area contributed by atoms with Crippen molar-refractivity contribution in [3.63, 3.8) is 0 Å². The van der Waals surface area contributed by atoms with Crippen molar-refractivity contribution in [2.75, 3.05) is 11.9 Å². The maximum atomic E-state index is 12.1. The van der Waals surface area contributed by atoms with Crippen LogP contribution >= 0.6 is 0 Å². The number of hydrogen-bond acceptors (Lipinski definition) is 4. The van der Waals surface area contributed by atoms with Gasteiger partial charge in [-0.3, -0.25) is 4.79 Å². The second kappa shape index (κ2) is 7.49. The van der Waals surface area contributed by atoms with Gasteiger partial charge >= 0.3 is 0 Å². The highest BCUT2D eigenvalue weighted by molar-refractivity contribution is 5.79. The molecule has 2 aliphatic rings. The molecule has 1 unspecified atom stereocenters. The summed E-state index contributed by atoms with van der Waals surface area (Å²) in [6.45, 7) is 4.04. The van der Waals surface area contributed by atoms with Crippen molar-refractivity contribution in [3.05, 3.63) is 17.5 Å². The van der Waals surface area contributed by atoms with E-state index in [4.69, 9.17) is 4.98 Å².